The van der Waals surface area contributed by atoms with Crippen molar-refractivity contribution >= 4 is 15.9 Å². The summed E-state index contributed by atoms with van der Waals surface area (Å²) in [6, 6.07) is 0. The highest BCUT2D eigenvalue weighted by molar-refractivity contribution is 9.08. The van der Waals surface area contributed by atoms with Crippen molar-refractivity contribution in [3.05, 3.63) is 18.1 Å². The van der Waals surface area contributed by atoms with Gasteiger partial charge in [-0.25, -0.2) is 4.98 Å². The normalized spacial score (nSPS) is 21.3. The zero-order valence-corrected chi connectivity index (χ0v) is 9.94. The second-order valence-electron chi connectivity index (χ2n) is 3.36. The number of aromatic nitrogens is 2. The van der Waals surface area contributed by atoms with Crippen LogP contribution in [0.3, 0.4) is 0 Å². The monoisotopic (exact) mass is 272 g/mol. The molecule has 5 heteroatoms. The molecule has 82 valence electrons. The highest BCUT2D eigenvalue weighted by Gasteiger charge is 2.17. The Morgan fingerprint density at radius 1 is 1.40 bits per heavy atom. The maximum Gasteiger partial charge on any atom is 0.238 e. The van der Waals surface area contributed by atoms with E-state index in [1.165, 1.54) is 0 Å². The summed E-state index contributed by atoms with van der Waals surface area (Å²) in [5.41, 5.74) is 0.812. The van der Waals surface area contributed by atoms with Gasteiger partial charge in [0.25, 0.3) is 0 Å². The Kier molecular flexibility index (Phi) is 3.91. The lowest BCUT2D eigenvalue weighted by atomic mass is 10.2. The number of hydrogen-bond acceptors (Lipinski definition) is 4. The molecular weight excluding hydrogens is 260 g/mol. The SMILES string of the molecule is BrCc1nccnc1OC1CCCCO1. The van der Waals surface area contributed by atoms with Gasteiger partial charge in [0.2, 0.25) is 12.2 Å². The maximum atomic E-state index is 5.65. The summed E-state index contributed by atoms with van der Waals surface area (Å²) < 4.78 is 11.1. The van der Waals surface area contributed by atoms with Gasteiger partial charge in [0.05, 0.1) is 11.9 Å². The summed E-state index contributed by atoms with van der Waals surface area (Å²) in [5, 5.41) is 0.642. The molecule has 1 fully saturated rings. The van der Waals surface area contributed by atoms with E-state index in [1.807, 2.05) is 0 Å². The van der Waals surface area contributed by atoms with Gasteiger partial charge in [0.15, 0.2) is 0 Å². The molecule has 1 unspecified atom stereocenters. The standard InChI is InChI=1S/C10H13BrN2O2/c11-7-8-10(13-5-4-12-8)15-9-3-1-2-6-14-9/h4-5,9H,1-3,6-7H2. The van der Waals surface area contributed by atoms with Gasteiger partial charge in [-0.05, 0) is 12.8 Å². The van der Waals surface area contributed by atoms with Crippen LogP contribution in [0.15, 0.2) is 12.4 Å². The predicted octanol–water partition coefficient (Wildman–Crippen LogP) is 2.28. The van der Waals surface area contributed by atoms with E-state index < -0.39 is 0 Å². The molecular formula is C10H13BrN2O2. The molecule has 0 spiro atoms. The second-order valence-corrected chi connectivity index (χ2v) is 3.92. The molecule has 2 heterocycles. The van der Waals surface area contributed by atoms with E-state index in [0.29, 0.717) is 11.2 Å². The number of halogens is 1. The lowest BCUT2D eigenvalue weighted by Crippen LogP contribution is -2.25. The third kappa shape index (κ3) is 2.89. The van der Waals surface area contributed by atoms with E-state index >= 15 is 0 Å². The summed E-state index contributed by atoms with van der Waals surface area (Å²) in [7, 11) is 0. The lowest BCUT2D eigenvalue weighted by molar-refractivity contribution is -0.108. The van der Waals surface area contributed by atoms with Crippen LogP contribution in [0.1, 0.15) is 25.0 Å². The van der Waals surface area contributed by atoms with Gasteiger partial charge in [-0.1, -0.05) is 15.9 Å². The van der Waals surface area contributed by atoms with Crippen LogP contribution < -0.4 is 4.74 Å². The van der Waals surface area contributed by atoms with Crippen LogP contribution >= 0.6 is 15.9 Å². The van der Waals surface area contributed by atoms with Gasteiger partial charge in [0.1, 0.15) is 5.69 Å². The van der Waals surface area contributed by atoms with E-state index in [4.69, 9.17) is 9.47 Å². The molecule has 0 N–H and O–H groups in total. The van der Waals surface area contributed by atoms with E-state index in [-0.39, 0.29) is 6.29 Å². The quantitative estimate of drug-likeness (QED) is 0.792. The van der Waals surface area contributed by atoms with Crippen LogP contribution in [-0.4, -0.2) is 22.9 Å². The Labute approximate surface area is 97.1 Å². The maximum absolute atomic E-state index is 5.65. The molecule has 1 aliphatic rings. The molecule has 4 nitrogen and oxygen atoms in total. The molecule has 0 amide bonds. The number of ether oxygens (including phenoxy) is 2. The van der Waals surface area contributed by atoms with Crippen LogP contribution in [0.5, 0.6) is 5.88 Å². The van der Waals surface area contributed by atoms with Gasteiger partial charge in [-0.3, -0.25) is 4.98 Å². The fourth-order valence-corrected chi connectivity index (χ4v) is 1.86. The molecule has 0 saturated carbocycles. The van der Waals surface area contributed by atoms with Crippen LogP contribution in [0, 0.1) is 0 Å². The molecule has 1 saturated heterocycles. The molecule has 15 heavy (non-hydrogen) atoms. The van der Waals surface area contributed by atoms with E-state index in [1.54, 1.807) is 12.4 Å². The first-order valence-corrected chi connectivity index (χ1v) is 6.16. The van der Waals surface area contributed by atoms with Crippen molar-refractivity contribution in [3.63, 3.8) is 0 Å². The Bertz CT molecular complexity index is 316. The van der Waals surface area contributed by atoms with Crippen molar-refractivity contribution in [2.45, 2.75) is 30.9 Å². The van der Waals surface area contributed by atoms with Crippen LogP contribution in [0.4, 0.5) is 0 Å². The minimum atomic E-state index is -0.159. The molecule has 0 radical (unpaired) electrons. The van der Waals surface area contributed by atoms with Crippen molar-refractivity contribution < 1.29 is 9.47 Å². The third-order valence-corrected chi connectivity index (χ3v) is 2.77. The summed E-state index contributed by atoms with van der Waals surface area (Å²) in [4.78, 5) is 8.32. The van der Waals surface area contributed by atoms with Crippen molar-refractivity contribution in [1.29, 1.82) is 0 Å². The van der Waals surface area contributed by atoms with Gasteiger partial charge in [-0.15, -0.1) is 0 Å². The van der Waals surface area contributed by atoms with Gasteiger partial charge >= 0.3 is 0 Å². The number of rotatable bonds is 3. The van der Waals surface area contributed by atoms with Crippen molar-refractivity contribution in [3.8, 4) is 5.88 Å². The van der Waals surface area contributed by atoms with Crippen LogP contribution in [0.2, 0.25) is 0 Å². The topological polar surface area (TPSA) is 44.2 Å². The van der Waals surface area contributed by atoms with E-state index in [2.05, 4.69) is 25.9 Å². The minimum absolute atomic E-state index is 0.159. The predicted molar refractivity (Wildman–Crippen MR) is 58.9 cm³/mol. The Balaban J connectivity index is 2.02. The summed E-state index contributed by atoms with van der Waals surface area (Å²) >= 11 is 3.35. The van der Waals surface area contributed by atoms with Crippen molar-refractivity contribution in [2.24, 2.45) is 0 Å². The van der Waals surface area contributed by atoms with E-state index in [9.17, 15) is 0 Å². The number of hydrogen-bond donors (Lipinski definition) is 0. The molecule has 2 rings (SSSR count). The van der Waals surface area contributed by atoms with E-state index in [0.717, 1.165) is 31.6 Å². The third-order valence-electron chi connectivity index (χ3n) is 2.24. The largest absolute Gasteiger partial charge is 0.446 e. The van der Waals surface area contributed by atoms with Crippen molar-refractivity contribution in [2.75, 3.05) is 6.61 Å². The first-order chi connectivity index (χ1) is 7.40. The van der Waals surface area contributed by atoms with Crippen molar-refractivity contribution in [1.82, 2.24) is 9.97 Å². The lowest BCUT2D eigenvalue weighted by Gasteiger charge is -2.23. The number of alkyl halides is 1. The average molecular weight is 273 g/mol. The summed E-state index contributed by atoms with van der Waals surface area (Å²) in [6.07, 6.45) is 6.32. The first-order valence-electron chi connectivity index (χ1n) is 5.04. The Morgan fingerprint density at radius 2 is 2.27 bits per heavy atom. The summed E-state index contributed by atoms with van der Waals surface area (Å²) in [5.74, 6) is 0.571. The Morgan fingerprint density at radius 3 is 3.00 bits per heavy atom. The molecule has 1 atom stereocenters. The molecule has 1 aliphatic heterocycles. The zero-order valence-electron chi connectivity index (χ0n) is 8.36. The molecule has 0 bridgehead atoms. The molecule has 0 aliphatic carbocycles. The fraction of sp³-hybridized carbons (Fsp3) is 0.600. The second kappa shape index (κ2) is 5.42. The molecule has 0 aromatic carbocycles. The Hall–Kier alpha value is -0.680. The van der Waals surface area contributed by atoms with Crippen LogP contribution in [0.25, 0.3) is 0 Å². The highest BCUT2D eigenvalue weighted by Crippen LogP contribution is 2.20. The number of nitrogens with zero attached hydrogens (tertiary/aromatic N) is 2. The smallest absolute Gasteiger partial charge is 0.238 e. The van der Waals surface area contributed by atoms with Gasteiger partial charge in [-0.2, -0.15) is 0 Å². The molecule has 1 aromatic rings. The average Bonchev–Trinajstić information content (AvgIpc) is 2.31. The van der Waals surface area contributed by atoms with Gasteiger partial charge < -0.3 is 9.47 Å². The first kappa shape index (κ1) is 10.8. The molecule has 1 aromatic heterocycles. The highest BCUT2D eigenvalue weighted by atomic mass is 79.9. The van der Waals surface area contributed by atoms with Crippen LogP contribution in [-0.2, 0) is 10.1 Å². The summed E-state index contributed by atoms with van der Waals surface area (Å²) in [6.45, 7) is 0.772. The van der Waals surface area contributed by atoms with Gasteiger partial charge in [0, 0.05) is 18.8 Å². The zero-order chi connectivity index (χ0) is 10.5. The fourth-order valence-electron chi connectivity index (χ4n) is 1.47. The minimum Gasteiger partial charge on any atom is -0.446 e.